The van der Waals surface area contributed by atoms with Crippen LogP contribution in [0.2, 0.25) is 0 Å². The summed E-state index contributed by atoms with van der Waals surface area (Å²) in [7, 11) is 0. The van der Waals surface area contributed by atoms with Gasteiger partial charge in [0.25, 0.3) is 0 Å². The predicted octanol–water partition coefficient (Wildman–Crippen LogP) is 4.38. The minimum absolute atomic E-state index is 0.585. The average Bonchev–Trinajstić information content (AvgIpc) is 2.84. The highest BCUT2D eigenvalue weighted by atomic mass is 79.9. The van der Waals surface area contributed by atoms with Gasteiger partial charge in [-0.1, -0.05) is 40.2 Å². The van der Waals surface area contributed by atoms with Gasteiger partial charge in [0.1, 0.15) is 5.76 Å². The number of halogens is 1. The van der Waals surface area contributed by atoms with E-state index in [0.29, 0.717) is 5.92 Å². The lowest BCUT2D eigenvalue weighted by atomic mass is 9.94. The molecule has 0 amide bonds. The van der Waals surface area contributed by atoms with Crippen molar-refractivity contribution >= 4 is 15.9 Å². The summed E-state index contributed by atoms with van der Waals surface area (Å²) in [5.41, 5.74) is 2.81. The molecule has 1 atom stereocenters. The van der Waals surface area contributed by atoms with Crippen molar-refractivity contribution in [2.75, 3.05) is 5.33 Å². The second kappa shape index (κ2) is 6.06. The monoisotopic (exact) mass is 292 g/mol. The van der Waals surface area contributed by atoms with Gasteiger partial charge in [0, 0.05) is 11.8 Å². The third-order valence-electron chi connectivity index (χ3n) is 3.06. The van der Waals surface area contributed by atoms with E-state index in [1.165, 1.54) is 11.1 Å². The molecule has 0 aliphatic carbocycles. The van der Waals surface area contributed by atoms with Crippen molar-refractivity contribution in [2.24, 2.45) is 5.92 Å². The summed E-state index contributed by atoms with van der Waals surface area (Å²) in [6.45, 7) is 2.17. The molecule has 0 bridgehead atoms. The number of aryl methyl sites for hydroxylation is 1. The molecule has 0 radical (unpaired) electrons. The van der Waals surface area contributed by atoms with E-state index >= 15 is 0 Å². The smallest absolute Gasteiger partial charge is 0.104 e. The molecule has 1 aromatic heterocycles. The van der Waals surface area contributed by atoms with Crippen LogP contribution in [-0.4, -0.2) is 5.33 Å². The number of rotatable bonds is 5. The summed E-state index contributed by atoms with van der Waals surface area (Å²) in [6.07, 6.45) is 3.83. The maximum Gasteiger partial charge on any atom is 0.104 e. The van der Waals surface area contributed by atoms with Crippen LogP contribution in [0.5, 0.6) is 0 Å². The molecule has 0 saturated carbocycles. The Balaban J connectivity index is 2.03. The van der Waals surface area contributed by atoms with Gasteiger partial charge in [0.2, 0.25) is 0 Å². The second-order valence-corrected chi connectivity index (χ2v) is 5.08. The van der Waals surface area contributed by atoms with Crippen molar-refractivity contribution < 1.29 is 4.42 Å². The van der Waals surface area contributed by atoms with Gasteiger partial charge in [-0.3, -0.25) is 0 Å². The molecule has 0 fully saturated rings. The molecule has 0 aliphatic heterocycles. The van der Waals surface area contributed by atoms with E-state index in [0.717, 1.165) is 23.9 Å². The molecule has 2 rings (SSSR count). The van der Waals surface area contributed by atoms with E-state index < -0.39 is 0 Å². The predicted molar refractivity (Wildman–Crippen MR) is 74.6 cm³/mol. The molecular weight excluding hydrogens is 276 g/mol. The Morgan fingerprint density at radius 2 is 1.94 bits per heavy atom. The molecule has 17 heavy (non-hydrogen) atoms. The van der Waals surface area contributed by atoms with Crippen molar-refractivity contribution in [3.05, 3.63) is 59.5 Å². The maximum absolute atomic E-state index is 5.41. The van der Waals surface area contributed by atoms with Gasteiger partial charge in [-0.2, -0.15) is 0 Å². The Morgan fingerprint density at radius 3 is 2.59 bits per heavy atom. The Morgan fingerprint density at radius 1 is 1.12 bits per heavy atom. The number of hydrogen-bond donors (Lipinski definition) is 0. The van der Waals surface area contributed by atoms with Crippen LogP contribution < -0.4 is 0 Å². The van der Waals surface area contributed by atoms with Crippen molar-refractivity contribution in [3.8, 4) is 0 Å². The zero-order valence-corrected chi connectivity index (χ0v) is 11.6. The van der Waals surface area contributed by atoms with Crippen LogP contribution >= 0.6 is 15.9 Å². The summed E-state index contributed by atoms with van der Waals surface area (Å²) >= 11 is 3.60. The summed E-state index contributed by atoms with van der Waals surface area (Å²) in [4.78, 5) is 0. The molecule has 90 valence electrons. The van der Waals surface area contributed by atoms with Crippen LogP contribution in [-0.2, 0) is 12.8 Å². The van der Waals surface area contributed by atoms with E-state index in [2.05, 4.69) is 47.1 Å². The normalized spacial score (nSPS) is 12.6. The Bertz CT molecular complexity index is 448. The zero-order chi connectivity index (χ0) is 12.1. The number of hydrogen-bond acceptors (Lipinski definition) is 1. The van der Waals surface area contributed by atoms with Crippen LogP contribution in [0.15, 0.2) is 47.1 Å². The molecule has 0 N–H and O–H groups in total. The number of benzene rings is 1. The summed E-state index contributed by atoms with van der Waals surface area (Å²) in [6, 6.07) is 12.6. The first-order chi connectivity index (χ1) is 8.29. The Hall–Kier alpha value is -1.02. The van der Waals surface area contributed by atoms with E-state index in [-0.39, 0.29) is 0 Å². The molecule has 1 aromatic carbocycles. The molecule has 1 heterocycles. The van der Waals surface area contributed by atoms with Gasteiger partial charge in [0.05, 0.1) is 6.26 Å². The maximum atomic E-state index is 5.41. The van der Waals surface area contributed by atoms with Gasteiger partial charge in [-0.25, -0.2) is 0 Å². The molecule has 1 nitrogen and oxygen atoms in total. The van der Waals surface area contributed by atoms with E-state index in [4.69, 9.17) is 4.42 Å². The van der Waals surface area contributed by atoms with Crippen LogP contribution in [0.4, 0.5) is 0 Å². The first-order valence-electron chi connectivity index (χ1n) is 5.92. The van der Waals surface area contributed by atoms with Crippen LogP contribution in [0, 0.1) is 12.8 Å². The SMILES string of the molecule is Cc1ccccc1CC(CBr)Cc1ccco1. The number of alkyl halides is 1. The minimum Gasteiger partial charge on any atom is -0.469 e. The highest BCUT2D eigenvalue weighted by Crippen LogP contribution is 2.19. The van der Waals surface area contributed by atoms with Crippen molar-refractivity contribution in [1.82, 2.24) is 0 Å². The molecule has 0 spiro atoms. The first kappa shape index (κ1) is 12.4. The van der Waals surface area contributed by atoms with Crippen LogP contribution in [0.3, 0.4) is 0 Å². The lowest BCUT2D eigenvalue weighted by molar-refractivity contribution is 0.460. The lowest BCUT2D eigenvalue weighted by Gasteiger charge is -2.14. The van der Waals surface area contributed by atoms with Gasteiger partial charge in [0.15, 0.2) is 0 Å². The molecular formula is C15H17BrO. The van der Waals surface area contributed by atoms with E-state index in [1.807, 2.05) is 12.1 Å². The summed E-state index contributed by atoms with van der Waals surface area (Å²) < 4.78 is 5.41. The summed E-state index contributed by atoms with van der Waals surface area (Å²) in [5.74, 6) is 1.66. The van der Waals surface area contributed by atoms with Gasteiger partial charge < -0.3 is 4.42 Å². The molecule has 1 unspecified atom stereocenters. The molecule has 2 aromatic rings. The largest absolute Gasteiger partial charge is 0.469 e. The second-order valence-electron chi connectivity index (χ2n) is 4.43. The van der Waals surface area contributed by atoms with Crippen molar-refractivity contribution in [1.29, 1.82) is 0 Å². The Kier molecular flexibility index (Phi) is 4.43. The van der Waals surface area contributed by atoms with Gasteiger partial charge in [-0.05, 0) is 42.5 Å². The summed E-state index contributed by atoms with van der Waals surface area (Å²) in [5, 5.41) is 1.00. The zero-order valence-electron chi connectivity index (χ0n) is 10.0. The third-order valence-corrected chi connectivity index (χ3v) is 3.97. The fourth-order valence-electron chi connectivity index (χ4n) is 2.04. The first-order valence-corrected chi connectivity index (χ1v) is 7.04. The Labute approximate surface area is 111 Å². The third kappa shape index (κ3) is 3.47. The van der Waals surface area contributed by atoms with Gasteiger partial charge in [-0.15, -0.1) is 0 Å². The quantitative estimate of drug-likeness (QED) is 0.745. The highest BCUT2D eigenvalue weighted by Gasteiger charge is 2.12. The molecule has 0 aliphatic rings. The standard InChI is InChI=1S/C15H17BrO/c1-12-5-2-3-6-14(12)9-13(11-16)10-15-7-4-8-17-15/h2-8,13H,9-11H2,1H3. The highest BCUT2D eigenvalue weighted by molar-refractivity contribution is 9.09. The van der Waals surface area contributed by atoms with E-state index in [9.17, 15) is 0 Å². The lowest BCUT2D eigenvalue weighted by Crippen LogP contribution is -2.10. The van der Waals surface area contributed by atoms with E-state index in [1.54, 1.807) is 6.26 Å². The van der Waals surface area contributed by atoms with Gasteiger partial charge >= 0.3 is 0 Å². The topological polar surface area (TPSA) is 13.1 Å². The van der Waals surface area contributed by atoms with Crippen molar-refractivity contribution in [3.63, 3.8) is 0 Å². The molecule has 0 saturated heterocycles. The van der Waals surface area contributed by atoms with Crippen LogP contribution in [0.25, 0.3) is 0 Å². The fraction of sp³-hybridized carbons (Fsp3) is 0.333. The average molecular weight is 293 g/mol. The molecule has 2 heteroatoms. The minimum atomic E-state index is 0.585. The fourth-order valence-corrected chi connectivity index (χ4v) is 2.50. The number of furan rings is 1. The van der Waals surface area contributed by atoms with Crippen molar-refractivity contribution in [2.45, 2.75) is 19.8 Å². The van der Waals surface area contributed by atoms with Crippen LogP contribution in [0.1, 0.15) is 16.9 Å².